The number of nitrogens with zero attached hydrogens (tertiary/aromatic N) is 2. The van der Waals surface area contributed by atoms with Crippen molar-refractivity contribution in [3.05, 3.63) is 69.7 Å². The third-order valence-corrected chi connectivity index (χ3v) is 4.21. The fourth-order valence-electron chi connectivity index (χ4n) is 2.62. The lowest BCUT2D eigenvalue weighted by molar-refractivity contribution is -0.130. The van der Waals surface area contributed by atoms with Crippen molar-refractivity contribution in [2.45, 2.75) is 19.4 Å². The lowest BCUT2D eigenvalue weighted by atomic mass is 9.98. The Hall–Kier alpha value is -1.84. The topological polar surface area (TPSA) is 32.7 Å². The van der Waals surface area contributed by atoms with Crippen molar-refractivity contribution in [3.8, 4) is 0 Å². The van der Waals surface area contributed by atoms with Crippen LogP contribution in [0.2, 0.25) is 10.0 Å². The highest BCUT2D eigenvalue weighted by Gasteiger charge is 2.31. The van der Waals surface area contributed by atoms with Gasteiger partial charge in [0.15, 0.2) is 0 Å². The Morgan fingerprint density at radius 2 is 1.91 bits per heavy atom. The molecule has 0 saturated carbocycles. The van der Waals surface area contributed by atoms with E-state index in [0.717, 1.165) is 16.8 Å². The highest BCUT2D eigenvalue weighted by molar-refractivity contribution is 6.37. The zero-order chi connectivity index (χ0) is 15.7. The molecule has 3 nitrogen and oxygen atoms in total. The molecule has 5 heteroatoms. The van der Waals surface area contributed by atoms with Crippen LogP contribution in [0.15, 0.2) is 53.6 Å². The quantitative estimate of drug-likeness (QED) is 0.785. The second-order valence-electron chi connectivity index (χ2n) is 5.17. The molecule has 0 fully saturated rings. The minimum Gasteiger partial charge on any atom is -0.273 e. The number of hydrogen-bond acceptors (Lipinski definition) is 2. The first-order valence-electron chi connectivity index (χ1n) is 6.94. The van der Waals surface area contributed by atoms with Crippen LogP contribution in [0.4, 0.5) is 0 Å². The molecule has 0 spiro atoms. The van der Waals surface area contributed by atoms with E-state index in [4.69, 9.17) is 23.2 Å². The standard InChI is InChI=1S/C17H14Cl2N2O/c1-11(22)21-17(12-5-3-2-4-6-12)10-16(20-21)14-8-7-13(18)9-15(14)19/h2-9,17H,10H2,1H3/t17-/m1/s1. The molecule has 0 N–H and O–H groups in total. The molecule has 2 aromatic rings. The van der Waals surface area contributed by atoms with E-state index in [1.165, 1.54) is 11.9 Å². The molecule has 0 saturated heterocycles. The lowest BCUT2D eigenvalue weighted by Gasteiger charge is -2.20. The van der Waals surface area contributed by atoms with E-state index >= 15 is 0 Å². The normalized spacial score (nSPS) is 17.5. The summed E-state index contributed by atoms with van der Waals surface area (Å²) in [5.41, 5.74) is 2.67. The number of hydrogen-bond donors (Lipinski definition) is 0. The maximum Gasteiger partial charge on any atom is 0.240 e. The van der Waals surface area contributed by atoms with Crippen LogP contribution in [0.1, 0.15) is 30.5 Å². The Bertz CT molecular complexity index is 744. The number of benzene rings is 2. The Balaban J connectivity index is 1.98. The average molecular weight is 333 g/mol. The van der Waals surface area contributed by atoms with Crippen LogP contribution in [-0.4, -0.2) is 16.6 Å². The fraction of sp³-hybridized carbons (Fsp3) is 0.176. The Labute approximate surface area is 139 Å². The third kappa shape index (κ3) is 2.87. The van der Waals surface area contributed by atoms with E-state index in [1.54, 1.807) is 12.1 Å². The van der Waals surface area contributed by atoms with E-state index < -0.39 is 0 Å². The van der Waals surface area contributed by atoms with Crippen LogP contribution in [0, 0.1) is 0 Å². The maximum atomic E-state index is 11.9. The van der Waals surface area contributed by atoms with Gasteiger partial charge in [-0.2, -0.15) is 5.10 Å². The number of hydrazone groups is 1. The maximum absolute atomic E-state index is 11.9. The Kier molecular flexibility index (Phi) is 4.19. The first-order chi connectivity index (χ1) is 10.6. The Morgan fingerprint density at radius 1 is 1.18 bits per heavy atom. The summed E-state index contributed by atoms with van der Waals surface area (Å²) in [4.78, 5) is 11.9. The Morgan fingerprint density at radius 3 is 2.55 bits per heavy atom. The number of carbonyl (C=O) groups excluding carboxylic acids is 1. The molecular weight excluding hydrogens is 319 g/mol. The van der Waals surface area contributed by atoms with Crippen molar-refractivity contribution in [1.29, 1.82) is 0 Å². The molecular formula is C17H14Cl2N2O. The molecule has 1 atom stereocenters. The molecule has 1 aliphatic heterocycles. The summed E-state index contributed by atoms with van der Waals surface area (Å²) in [7, 11) is 0. The van der Waals surface area contributed by atoms with Gasteiger partial charge in [0.1, 0.15) is 0 Å². The first kappa shape index (κ1) is 15.1. The van der Waals surface area contributed by atoms with Crippen molar-refractivity contribution in [1.82, 2.24) is 5.01 Å². The van der Waals surface area contributed by atoms with Gasteiger partial charge >= 0.3 is 0 Å². The van der Waals surface area contributed by atoms with Crippen LogP contribution in [0.3, 0.4) is 0 Å². The van der Waals surface area contributed by atoms with Gasteiger partial charge in [-0.05, 0) is 17.7 Å². The van der Waals surface area contributed by atoms with E-state index in [9.17, 15) is 4.79 Å². The summed E-state index contributed by atoms with van der Waals surface area (Å²) in [6, 6.07) is 15.1. The van der Waals surface area contributed by atoms with E-state index in [2.05, 4.69) is 5.10 Å². The summed E-state index contributed by atoms with van der Waals surface area (Å²) in [5.74, 6) is -0.0889. The molecule has 2 aromatic carbocycles. The predicted octanol–water partition coefficient (Wildman–Crippen LogP) is 4.69. The third-order valence-electron chi connectivity index (χ3n) is 3.66. The van der Waals surface area contributed by atoms with Crippen molar-refractivity contribution in [2.75, 3.05) is 0 Å². The van der Waals surface area contributed by atoms with Gasteiger partial charge in [0, 0.05) is 23.9 Å². The minimum atomic E-state index is -0.0968. The first-order valence-corrected chi connectivity index (χ1v) is 7.69. The van der Waals surface area contributed by atoms with Crippen LogP contribution in [0.5, 0.6) is 0 Å². The molecule has 1 heterocycles. The van der Waals surface area contributed by atoms with Gasteiger partial charge in [0.05, 0.1) is 16.8 Å². The second kappa shape index (κ2) is 6.11. The second-order valence-corrected chi connectivity index (χ2v) is 6.01. The van der Waals surface area contributed by atoms with Gasteiger partial charge in [-0.25, -0.2) is 5.01 Å². The lowest BCUT2D eigenvalue weighted by Crippen LogP contribution is -2.24. The summed E-state index contributed by atoms with van der Waals surface area (Å²) >= 11 is 12.2. The highest BCUT2D eigenvalue weighted by atomic mass is 35.5. The van der Waals surface area contributed by atoms with Gasteiger partial charge in [-0.15, -0.1) is 0 Å². The van der Waals surface area contributed by atoms with Gasteiger partial charge in [0.2, 0.25) is 5.91 Å². The SMILES string of the molecule is CC(=O)N1N=C(c2ccc(Cl)cc2Cl)C[C@@H]1c1ccccc1. The average Bonchev–Trinajstić information content (AvgIpc) is 2.93. The molecule has 0 unspecified atom stereocenters. The van der Waals surface area contributed by atoms with Crippen LogP contribution in [-0.2, 0) is 4.79 Å². The summed E-state index contributed by atoms with van der Waals surface area (Å²) in [6.45, 7) is 1.52. The largest absolute Gasteiger partial charge is 0.273 e. The monoisotopic (exact) mass is 332 g/mol. The molecule has 112 valence electrons. The molecule has 0 bridgehead atoms. The predicted molar refractivity (Wildman–Crippen MR) is 89.3 cm³/mol. The van der Waals surface area contributed by atoms with Crippen LogP contribution < -0.4 is 0 Å². The summed E-state index contributed by atoms with van der Waals surface area (Å²) in [5, 5.41) is 7.13. The van der Waals surface area contributed by atoms with Gasteiger partial charge < -0.3 is 0 Å². The van der Waals surface area contributed by atoms with E-state index in [-0.39, 0.29) is 11.9 Å². The highest BCUT2D eigenvalue weighted by Crippen LogP contribution is 2.34. The fourth-order valence-corrected chi connectivity index (χ4v) is 3.14. The van der Waals surface area contributed by atoms with Crippen molar-refractivity contribution in [3.63, 3.8) is 0 Å². The van der Waals surface area contributed by atoms with E-state index in [0.29, 0.717) is 16.5 Å². The number of halogens is 2. The molecule has 3 rings (SSSR count). The summed E-state index contributed by atoms with van der Waals surface area (Å²) < 4.78 is 0. The van der Waals surface area contributed by atoms with E-state index in [1.807, 2.05) is 36.4 Å². The van der Waals surface area contributed by atoms with Crippen LogP contribution in [0.25, 0.3) is 0 Å². The number of rotatable bonds is 2. The smallest absolute Gasteiger partial charge is 0.240 e. The number of carbonyl (C=O) groups is 1. The van der Waals surface area contributed by atoms with Gasteiger partial charge in [-0.1, -0.05) is 59.6 Å². The zero-order valence-electron chi connectivity index (χ0n) is 12.0. The van der Waals surface area contributed by atoms with Crippen molar-refractivity contribution in [2.24, 2.45) is 5.10 Å². The van der Waals surface area contributed by atoms with Gasteiger partial charge in [-0.3, -0.25) is 4.79 Å². The molecule has 1 aliphatic rings. The number of amides is 1. The van der Waals surface area contributed by atoms with Gasteiger partial charge in [0.25, 0.3) is 0 Å². The molecule has 22 heavy (non-hydrogen) atoms. The van der Waals surface area contributed by atoms with Crippen molar-refractivity contribution >= 4 is 34.8 Å². The zero-order valence-corrected chi connectivity index (χ0v) is 13.5. The van der Waals surface area contributed by atoms with Crippen LogP contribution >= 0.6 is 23.2 Å². The minimum absolute atomic E-state index is 0.0889. The molecule has 1 amide bonds. The van der Waals surface area contributed by atoms with Crippen molar-refractivity contribution < 1.29 is 4.79 Å². The molecule has 0 aromatic heterocycles. The molecule has 0 aliphatic carbocycles. The molecule has 0 radical (unpaired) electrons. The summed E-state index contributed by atoms with van der Waals surface area (Å²) in [6.07, 6.45) is 0.630.